The Morgan fingerprint density at radius 3 is 2.38 bits per heavy atom. The van der Waals surface area contributed by atoms with Crippen LogP contribution < -0.4 is 20.7 Å². The quantitative estimate of drug-likeness (QED) is 0.333. The molecule has 37 heavy (non-hydrogen) atoms. The molecular formula is C29H37N5O3. The van der Waals surface area contributed by atoms with E-state index in [1.165, 1.54) is 0 Å². The summed E-state index contributed by atoms with van der Waals surface area (Å²) in [6.45, 7) is 5.97. The molecule has 0 unspecified atom stereocenters. The second-order valence-electron chi connectivity index (χ2n) is 10.0. The van der Waals surface area contributed by atoms with Gasteiger partial charge in [-0.2, -0.15) is 0 Å². The third-order valence-electron chi connectivity index (χ3n) is 6.60. The van der Waals surface area contributed by atoms with E-state index in [-0.39, 0.29) is 11.8 Å². The Kier molecular flexibility index (Phi) is 8.82. The van der Waals surface area contributed by atoms with Crippen LogP contribution in [0.15, 0.2) is 67.3 Å². The highest BCUT2D eigenvalue weighted by Crippen LogP contribution is 2.29. The zero-order valence-electron chi connectivity index (χ0n) is 21.7. The Balaban J connectivity index is 1.30. The monoisotopic (exact) mass is 503 g/mol. The summed E-state index contributed by atoms with van der Waals surface area (Å²) in [7, 11) is 0. The zero-order valence-corrected chi connectivity index (χ0v) is 21.7. The molecule has 1 fully saturated rings. The van der Waals surface area contributed by atoms with E-state index in [1.807, 2.05) is 47.2 Å². The molecule has 0 spiro atoms. The van der Waals surface area contributed by atoms with Gasteiger partial charge in [-0.25, -0.2) is 4.98 Å². The molecule has 3 aromatic rings. The third kappa shape index (κ3) is 7.12. The molecule has 1 aliphatic carbocycles. The standard InChI is InChI=1S/C29H37N5O3/c1-22(2)20-37-26-12-8-24(9-13-26)31-16-17-32-28(36)29(14-4-3-5-15-29)33-27(35)23-6-10-25(11-7-23)34-19-18-30-21-34/h6-13,18-19,21-22,31H,3-5,14-17,20H2,1-2H3,(H,32,36)(H,33,35). The lowest BCUT2D eigenvalue weighted by Gasteiger charge is -2.36. The topological polar surface area (TPSA) is 97.3 Å². The first kappa shape index (κ1) is 26.3. The Bertz CT molecular complexity index is 1140. The predicted molar refractivity (Wildman–Crippen MR) is 145 cm³/mol. The molecule has 8 nitrogen and oxygen atoms in total. The number of amides is 2. The molecule has 1 aromatic heterocycles. The molecule has 0 radical (unpaired) electrons. The molecule has 4 rings (SSSR count). The summed E-state index contributed by atoms with van der Waals surface area (Å²) in [4.78, 5) is 30.5. The van der Waals surface area contributed by atoms with Gasteiger partial charge in [0.25, 0.3) is 5.91 Å². The minimum atomic E-state index is -0.881. The van der Waals surface area contributed by atoms with Crippen LogP contribution in [0.25, 0.3) is 5.69 Å². The van der Waals surface area contributed by atoms with Crippen molar-refractivity contribution in [2.45, 2.75) is 51.5 Å². The van der Waals surface area contributed by atoms with Gasteiger partial charge >= 0.3 is 0 Å². The molecule has 1 aliphatic rings. The van der Waals surface area contributed by atoms with Crippen molar-refractivity contribution in [2.24, 2.45) is 5.92 Å². The van der Waals surface area contributed by atoms with E-state index in [4.69, 9.17) is 4.74 Å². The largest absolute Gasteiger partial charge is 0.493 e. The molecule has 1 saturated carbocycles. The average Bonchev–Trinajstić information content (AvgIpc) is 3.46. The second kappa shape index (κ2) is 12.4. The van der Waals surface area contributed by atoms with Crippen LogP contribution in [0.3, 0.4) is 0 Å². The van der Waals surface area contributed by atoms with E-state index >= 15 is 0 Å². The van der Waals surface area contributed by atoms with Crippen molar-refractivity contribution in [3.8, 4) is 11.4 Å². The summed E-state index contributed by atoms with van der Waals surface area (Å²) in [5.41, 5.74) is 1.53. The van der Waals surface area contributed by atoms with Gasteiger partial charge in [-0.3, -0.25) is 9.59 Å². The van der Waals surface area contributed by atoms with Crippen molar-refractivity contribution in [2.75, 3.05) is 25.0 Å². The van der Waals surface area contributed by atoms with Crippen molar-refractivity contribution >= 4 is 17.5 Å². The molecule has 2 aromatic carbocycles. The number of anilines is 1. The van der Waals surface area contributed by atoms with Crippen LogP contribution in [0.1, 0.15) is 56.3 Å². The summed E-state index contributed by atoms with van der Waals surface area (Å²) in [5.74, 6) is 0.980. The van der Waals surface area contributed by atoms with Crippen molar-refractivity contribution in [1.82, 2.24) is 20.2 Å². The van der Waals surface area contributed by atoms with Gasteiger partial charge in [0.2, 0.25) is 5.91 Å². The van der Waals surface area contributed by atoms with Gasteiger partial charge in [0.15, 0.2) is 0 Å². The molecule has 0 saturated heterocycles. The fourth-order valence-electron chi connectivity index (χ4n) is 4.53. The van der Waals surface area contributed by atoms with Gasteiger partial charge in [-0.1, -0.05) is 33.1 Å². The summed E-state index contributed by atoms with van der Waals surface area (Å²) in [6.07, 6.45) is 9.45. The number of aromatic nitrogens is 2. The van der Waals surface area contributed by atoms with E-state index in [9.17, 15) is 9.59 Å². The van der Waals surface area contributed by atoms with Gasteiger partial charge in [0.05, 0.1) is 12.9 Å². The van der Waals surface area contributed by atoms with Crippen LogP contribution in [-0.2, 0) is 4.79 Å². The van der Waals surface area contributed by atoms with Gasteiger partial charge in [0.1, 0.15) is 11.3 Å². The molecule has 0 atom stereocenters. The minimum absolute atomic E-state index is 0.116. The maximum absolute atomic E-state index is 13.3. The first-order chi connectivity index (χ1) is 17.9. The molecule has 3 N–H and O–H groups in total. The number of hydrogen-bond acceptors (Lipinski definition) is 5. The zero-order chi connectivity index (χ0) is 26.1. The second-order valence-corrected chi connectivity index (χ2v) is 10.0. The summed E-state index contributed by atoms with van der Waals surface area (Å²) in [5, 5.41) is 9.45. The van der Waals surface area contributed by atoms with Crippen LogP contribution in [0.2, 0.25) is 0 Å². The van der Waals surface area contributed by atoms with E-state index in [2.05, 4.69) is 34.8 Å². The number of carbonyl (C=O) groups is 2. The predicted octanol–water partition coefficient (Wildman–Crippen LogP) is 4.57. The Hall–Kier alpha value is -3.81. The fraction of sp³-hybridized carbons (Fsp3) is 0.414. The highest BCUT2D eigenvalue weighted by atomic mass is 16.5. The molecule has 196 valence electrons. The Labute approximate surface area is 218 Å². The Morgan fingerprint density at radius 1 is 1.00 bits per heavy atom. The molecule has 0 bridgehead atoms. The first-order valence-electron chi connectivity index (χ1n) is 13.1. The molecular weight excluding hydrogens is 466 g/mol. The van der Waals surface area contributed by atoms with Crippen LogP contribution in [0, 0.1) is 5.92 Å². The number of nitrogens with zero attached hydrogens (tertiary/aromatic N) is 2. The van der Waals surface area contributed by atoms with Crippen LogP contribution in [-0.4, -0.2) is 46.6 Å². The van der Waals surface area contributed by atoms with Gasteiger partial charge in [-0.15, -0.1) is 0 Å². The highest BCUT2D eigenvalue weighted by Gasteiger charge is 2.40. The van der Waals surface area contributed by atoms with E-state index in [1.54, 1.807) is 24.7 Å². The maximum Gasteiger partial charge on any atom is 0.252 e. The van der Waals surface area contributed by atoms with Crippen molar-refractivity contribution in [3.05, 3.63) is 72.8 Å². The molecule has 0 aliphatic heterocycles. The van der Waals surface area contributed by atoms with Gasteiger partial charge < -0.3 is 25.3 Å². The molecule has 2 amide bonds. The fourth-order valence-corrected chi connectivity index (χ4v) is 4.53. The van der Waals surface area contributed by atoms with Crippen molar-refractivity contribution < 1.29 is 14.3 Å². The third-order valence-corrected chi connectivity index (χ3v) is 6.60. The number of ether oxygens (including phenoxy) is 1. The SMILES string of the molecule is CC(C)COc1ccc(NCCNC(=O)C2(NC(=O)c3ccc(-n4ccnc4)cc3)CCCCC2)cc1. The first-order valence-corrected chi connectivity index (χ1v) is 13.1. The molecule has 1 heterocycles. The maximum atomic E-state index is 13.3. The average molecular weight is 504 g/mol. The number of hydrogen-bond donors (Lipinski definition) is 3. The van der Waals surface area contributed by atoms with Crippen LogP contribution in [0.4, 0.5) is 5.69 Å². The lowest BCUT2D eigenvalue weighted by atomic mass is 9.80. The van der Waals surface area contributed by atoms with Crippen molar-refractivity contribution in [1.29, 1.82) is 0 Å². The van der Waals surface area contributed by atoms with E-state index < -0.39 is 5.54 Å². The van der Waals surface area contributed by atoms with Crippen molar-refractivity contribution in [3.63, 3.8) is 0 Å². The van der Waals surface area contributed by atoms with Crippen LogP contribution in [0.5, 0.6) is 5.75 Å². The minimum Gasteiger partial charge on any atom is -0.493 e. The lowest BCUT2D eigenvalue weighted by Crippen LogP contribution is -2.60. The highest BCUT2D eigenvalue weighted by molar-refractivity contribution is 5.99. The number of rotatable bonds is 11. The van der Waals surface area contributed by atoms with E-state index in [0.29, 0.717) is 44.0 Å². The van der Waals surface area contributed by atoms with Gasteiger partial charge in [0, 0.05) is 42.4 Å². The summed E-state index contributed by atoms with van der Waals surface area (Å²) in [6, 6.07) is 15.1. The summed E-state index contributed by atoms with van der Waals surface area (Å²) < 4.78 is 7.60. The summed E-state index contributed by atoms with van der Waals surface area (Å²) >= 11 is 0. The molecule has 8 heteroatoms. The number of carbonyl (C=O) groups excluding carboxylic acids is 2. The number of nitrogens with one attached hydrogen (secondary N) is 3. The number of imidazole rings is 1. The number of benzene rings is 2. The van der Waals surface area contributed by atoms with Crippen LogP contribution >= 0.6 is 0 Å². The lowest BCUT2D eigenvalue weighted by molar-refractivity contribution is -0.128. The Morgan fingerprint density at radius 2 is 1.73 bits per heavy atom. The smallest absolute Gasteiger partial charge is 0.252 e. The normalized spacial score (nSPS) is 14.7. The van der Waals surface area contributed by atoms with Gasteiger partial charge in [-0.05, 0) is 67.3 Å². The van der Waals surface area contributed by atoms with E-state index in [0.717, 1.165) is 36.4 Å².